The molecule has 7 heteroatoms. The fourth-order valence-electron chi connectivity index (χ4n) is 2.65. The number of hydrogen-bond acceptors (Lipinski definition) is 2. The summed E-state index contributed by atoms with van der Waals surface area (Å²) >= 11 is 0. The highest BCUT2D eigenvalue weighted by atomic mass is 19.1. The lowest BCUT2D eigenvalue weighted by molar-refractivity contribution is -0.117. The van der Waals surface area contributed by atoms with E-state index < -0.39 is 35.0 Å². The van der Waals surface area contributed by atoms with E-state index in [-0.39, 0.29) is 18.9 Å². The van der Waals surface area contributed by atoms with Crippen molar-refractivity contribution >= 4 is 17.5 Å². The average Bonchev–Trinajstić information content (AvgIpc) is 2.88. The molecule has 124 valence electrons. The Balaban J connectivity index is 1.72. The summed E-state index contributed by atoms with van der Waals surface area (Å²) in [5.41, 5.74) is -0.180. The first-order valence-electron chi connectivity index (χ1n) is 7.26. The Hall–Kier alpha value is -2.83. The summed E-state index contributed by atoms with van der Waals surface area (Å²) in [6.07, 6.45) is -0.000805. The van der Waals surface area contributed by atoms with E-state index in [2.05, 4.69) is 5.32 Å². The number of anilines is 1. The predicted molar refractivity (Wildman–Crippen MR) is 81.0 cm³/mol. The minimum absolute atomic E-state index is 0.000805. The van der Waals surface area contributed by atoms with Crippen LogP contribution >= 0.6 is 0 Å². The molecule has 1 saturated heterocycles. The standard InChI is InChI=1S/C17H13F3N2O2/c18-10-4-6-12(7-5-10)22-9-11(8-15(22)23)21-17(24)16-13(19)2-1-3-14(16)20/h1-7,11H,8-9H2,(H,21,24)/t11-/m1/s1. The maximum atomic E-state index is 13.6. The van der Waals surface area contributed by atoms with E-state index in [0.717, 1.165) is 18.2 Å². The number of nitrogens with zero attached hydrogens (tertiary/aromatic N) is 1. The van der Waals surface area contributed by atoms with Crippen molar-refractivity contribution in [3.8, 4) is 0 Å². The first-order valence-corrected chi connectivity index (χ1v) is 7.26. The molecule has 3 rings (SSSR count). The van der Waals surface area contributed by atoms with E-state index >= 15 is 0 Å². The molecule has 1 N–H and O–H groups in total. The summed E-state index contributed by atoms with van der Waals surface area (Å²) in [7, 11) is 0. The molecule has 0 bridgehead atoms. The fourth-order valence-corrected chi connectivity index (χ4v) is 2.65. The minimum Gasteiger partial charge on any atom is -0.347 e. The molecule has 0 saturated carbocycles. The second-order valence-electron chi connectivity index (χ2n) is 5.45. The zero-order valence-corrected chi connectivity index (χ0v) is 12.4. The number of nitrogens with one attached hydrogen (secondary N) is 1. The summed E-state index contributed by atoms with van der Waals surface area (Å²) in [5.74, 6) is -3.53. The van der Waals surface area contributed by atoms with Crippen molar-refractivity contribution in [2.75, 3.05) is 11.4 Å². The molecule has 2 aromatic carbocycles. The molecule has 2 amide bonds. The lowest BCUT2D eigenvalue weighted by atomic mass is 10.1. The van der Waals surface area contributed by atoms with E-state index in [1.54, 1.807) is 0 Å². The third-order valence-corrected chi connectivity index (χ3v) is 3.79. The zero-order valence-electron chi connectivity index (χ0n) is 12.4. The van der Waals surface area contributed by atoms with Gasteiger partial charge in [-0.1, -0.05) is 6.07 Å². The van der Waals surface area contributed by atoms with Crippen LogP contribution in [0.1, 0.15) is 16.8 Å². The Morgan fingerprint density at radius 2 is 1.67 bits per heavy atom. The molecule has 1 aliphatic heterocycles. The van der Waals surface area contributed by atoms with Crippen LogP contribution in [0.2, 0.25) is 0 Å². The van der Waals surface area contributed by atoms with Crippen LogP contribution in [0.15, 0.2) is 42.5 Å². The number of benzene rings is 2. The molecule has 1 fully saturated rings. The monoisotopic (exact) mass is 334 g/mol. The second kappa shape index (κ2) is 6.35. The number of hydrogen-bond donors (Lipinski definition) is 1. The lowest BCUT2D eigenvalue weighted by Crippen LogP contribution is -2.38. The Bertz CT molecular complexity index is 773. The Kier molecular flexibility index (Phi) is 4.24. The molecular weight excluding hydrogens is 321 g/mol. The summed E-state index contributed by atoms with van der Waals surface area (Å²) in [6.45, 7) is 0.145. The topological polar surface area (TPSA) is 49.4 Å². The van der Waals surface area contributed by atoms with Crippen LogP contribution in [-0.4, -0.2) is 24.4 Å². The van der Waals surface area contributed by atoms with Gasteiger partial charge >= 0.3 is 0 Å². The maximum absolute atomic E-state index is 13.6. The average molecular weight is 334 g/mol. The quantitative estimate of drug-likeness (QED) is 0.938. The SMILES string of the molecule is O=C(N[C@@H]1CC(=O)N(c2ccc(F)cc2)C1)c1c(F)cccc1F. The van der Waals surface area contributed by atoms with Gasteiger partial charge in [0.15, 0.2) is 0 Å². The van der Waals surface area contributed by atoms with E-state index in [1.165, 1.54) is 29.2 Å². The third kappa shape index (κ3) is 3.10. The molecule has 1 heterocycles. The summed E-state index contributed by atoms with van der Waals surface area (Å²) in [4.78, 5) is 25.5. The fraction of sp³-hybridized carbons (Fsp3) is 0.176. The van der Waals surface area contributed by atoms with Gasteiger partial charge in [-0.05, 0) is 36.4 Å². The molecule has 1 atom stereocenters. The van der Waals surface area contributed by atoms with Gasteiger partial charge in [-0.2, -0.15) is 0 Å². The number of carbonyl (C=O) groups excluding carboxylic acids is 2. The largest absolute Gasteiger partial charge is 0.347 e. The van der Waals surface area contributed by atoms with Crippen molar-refractivity contribution in [2.45, 2.75) is 12.5 Å². The van der Waals surface area contributed by atoms with Gasteiger partial charge in [-0.3, -0.25) is 9.59 Å². The predicted octanol–water partition coefficient (Wildman–Crippen LogP) is 2.64. The molecule has 0 aliphatic carbocycles. The molecule has 0 aromatic heterocycles. The molecular formula is C17H13F3N2O2. The van der Waals surface area contributed by atoms with Crippen LogP contribution in [0.25, 0.3) is 0 Å². The van der Waals surface area contributed by atoms with Crippen molar-refractivity contribution in [1.82, 2.24) is 5.32 Å². The van der Waals surface area contributed by atoms with Gasteiger partial charge in [0.1, 0.15) is 23.0 Å². The Labute approximate surface area is 135 Å². The number of rotatable bonds is 3. The van der Waals surface area contributed by atoms with E-state index in [0.29, 0.717) is 5.69 Å². The summed E-state index contributed by atoms with van der Waals surface area (Å²) in [6, 6.07) is 7.91. The van der Waals surface area contributed by atoms with Crippen LogP contribution < -0.4 is 10.2 Å². The zero-order chi connectivity index (χ0) is 17.3. The van der Waals surface area contributed by atoms with Crippen molar-refractivity contribution in [2.24, 2.45) is 0 Å². The summed E-state index contributed by atoms with van der Waals surface area (Å²) < 4.78 is 40.2. The van der Waals surface area contributed by atoms with Gasteiger partial charge in [0.05, 0.1) is 6.04 Å². The molecule has 1 aliphatic rings. The van der Waals surface area contributed by atoms with Gasteiger partial charge in [0, 0.05) is 18.7 Å². The first-order chi connectivity index (χ1) is 11.5. The minimum atomic E-state index is -0.966. The van der Waals surface area contributed by atoms with Crippen molar-refractivity contribution < 1.29 is 22.8 Å². The van der Waals surface area contributed by atoms with Gasteiger partial charge in [0.25, 0.3) is 5.91 Å². The lowest BCUT2D eigenvalue weighted by Gasteiger charge is -2.17. The Morgan fingerprint density at radius 1 is 1.04 bits per heavy atom. The second-order valence-corrected chi connectivity index (χ2v) is 5.45. The third-order valence-electron chi connectivity index (χ3n) is 3.79. The van der Waals surface area contributed by atoms with Crippen molar-refractivity contribution in [1.29, 1.82) is 0 Å². The molecule has 0 radical (unpaired) electrons. The molecule has 2 aromatic rings. The number of amides is 2. The highest BCUT2D eigenvalue weighted by molar-refractivity contribution is 5.99. The highest BCUT2D eigenvalue weighted by Crippen LogP contribution is 2.22. The van der Waals surface area contributed by atoms with Crippen LogP contribution in [0.3, 0.4) is 0 Å². The first kappa shape index (κ1) is 16.0. The van der Waals surface area contributed by atoms with Crippen LogP contribution in [0, 0.1) is 17.5 Å². The normalized spacial score (nSPS) is 17.2. The van der Waals surface area contributed by atoms with Gasteiger partial charge in [-0.25, -0.2) is 13.2 Å². The van der Waals surface area contributed by atoms with E-state index in [4.69, 9.17) is 0 Å². The molecule has 0 unspecified atom stereocenters. The molecule has 4 nitrogen and oxygen atoms in total. The van der Waals surface area contributed by atoms with E-state index in [1.807, 2.05) is 0 Å². The maximum Gasteiger partial charge on any atom is 0.257 e. The van der Waals surface area contributed by atoms with Crippen molar-refractivity contribution in [3.63, 3.8) is 0 Å². The van der Waals surface area contributed by atoms with Gasteiger partial charge in [0.2, 0.25) is 5.91 Å². The van der Waals surface area contributed by atoms with Gasteiger partial charge < -0.3 is 10.2 Å². The van der Waals surface area contributed by atoms with Crippen molar-refractivity contribution in [3.05, 3.63) is 65.5 Å². The Morgan fingerprint density at radius 3 is 2.29 bits per heavy atom. The smallest absolute Gasteiger partial charge is 0.257 e. The number of carbonyl (C=O) groups is 2. The highest BCUT2D eigenvalue weighted by Gasteiger charge is 2.32. The summed E-state index contributed by atoms with van der Waals surface area (Å²) in [5, 5.41) is 2.46. The van der Waals surface area contributed by atoms with Crippen LogP contribution in [0.4, 0.5) is 18.9 Å². The van der Waals surface area contributed by atoms with Crippen LogP contribution in [-0.2, 0) is 4.79 Å². The molecule has 0 spiro atoms. The molecule has 24 heavy (non-hydrogen) atoms. The van der Waals surface area contributed by atoms with Gasteiger partial charge in [-0.15, -0.1) is 0 Å². The number of halogens is 3. The van der Waals surface area contributed by atoms with Crippen LogP contribution in [0.5, 0.6) is 0 Å². The van der Waals surface area contributed by atoms with E-state index in [9.17, 15) is 22.8 Å².